The number of aryl methyl sites for hydroxylation is 1. The van der Waals surface area contributed by atoms with Crippen LogP contribution in [0.25, 0.3) is 0 Å². The van der Waals surface area contributed by atoms with Gasteiger partial charge < -0.3 is 5.32 Å². The third-order valence-electron chi connectivity index (χ3n) is 2.73. The molecule has 1 amide bonds. The number of amides is 1. The van der Waals surface area contributed by atoms with Crippen molar-refractivity contribution in [3.8, 4) is 0 Å². The van der Waals surface area contributed by atoms with E-state index in [9.17, 15) is 14.9 Å². The fraction of sp³-hybridized carbons (Fsp3) is 0.0714. The maximum Gasteiger partial charge on any atom is 0.271 e. The summed E-state index contributed by atoms with van der Waals surface area (Å²) < 4.78 is 1.23. The number of nitrogens with one attached hydrogen (secondary N) is 1. The molecule has 0 atom stereocenters. The molecule has 0 unspecified atom stereocenters. The van der Waals surface area contributed by atoms with Crippen LogP contribution in [0.4, 0.5) is 11.4 Å². The first-order valence-corrected chi connectivity index (χ1v) is 7.48. The van der Waals surface area contributed by atoms with Crippen molar-refractivity contribution in [3.63, 3.8) is 0 Å². The maximum atomic E-state index is 12.2. The molecule has 21 heavy (non-hydrogen) atoms. The van der Waals surface area contributed by atoms with E-state index in [1.54, 1.807) is 6.07 Å². The van der Waals surface area contributed by atoms with Crippen LogP contribution in [0, 0.1) is 17.0 Å². The number of benzene rings is 2. The minimum absolute atomic E-state index is 0.141. The van der Waals surface area contributed by atoms with Crippen LogP contribution >= 0.6 is 31.9 Å². The van der Waals surface area contributed by atoms with Gasteiger partial charge in [0.05, 0.1) is 10.6 Å². The molecule has 2 aromatic rings. The van der Waals surface area contributed by atoms with Crippen molar-refractivity contribution in [1.29, 1.82) is 0 Å². The first kappa shape index (κ1) is 15.7. The number of non-ortho nitro benzene ring substituents is 1. The summed E-state index contributed by atoms with van der Waals surface area (Å²) in [5.74, 6) is -0.413. The summed E-state index contributed by atoms with van der Waals surface area (Å²) in [7, 11) is 0. The van der Waals surface area contributed by atoms with Crippen molar-refractivity contribution < 1.29 is 9.72 Å². The number of hydrogen-bond acceptors (Lipinski definition) is 3. The van der Waals surface area contributed by atoms with Gasteiger partial charge >= 0.3 is 0 Å². The number of nitro groups is 1. The topological polar surface area (TPSA) is 72.2 Å². The summed E-state index contributed by atoms with van der Waals surface area (Å²) in [6.45, 7) is 1.94. The summed E-state index contributed by atoms with van der Waals surface area (Å²) >= 11 is 6.53. The lowest BCUT2D eigenvalue weighted by atomic mass is 10.1. The molecular weight excluding hydrogens is 404 g/mol. The highest BCUT2D eigenvalue weighted by Gasteiger charge is 2.14. The lowest BCUT2D eigenvalue weighted by molar-refractivity contribution is -0.384. The normalized spacial score (nSPS) is 10.2. The summed E-state index contributed by atoms with van der Waals surface area (Å²) in [5.41, 5.74) is 1.73. The highest BCUT2D eigenvalue weighted by Crippen LogP contribution is 2.26. The second-order valence-electron chi connectivity index (χ2n) is 4.39. The van der Waals surface area contributed by atoms with Crippen molar-refractivity contribution >= 4 is 49.1 Å². The number of nitrogens with zero attached hydrogens (tertiary/aromatic N) is 1. The highest BCUT2D eigenvalue weighted by molar-refractivity contribution is 9.10. The van der Waals surface area contributed by atoms with E-state index < -0.39 is 10.8 Å². The van der Waals surface area contributed by atoms with Crippen molar-refractivity contribution in [2.45, 2.75) is 6.92 Å². The minimum Gasteiger partial charge on any atom is -0.321 e. The first-order chi connectivity index (χ1) is 9.86. The summed E-state index contributed by atoms with van der Waals surface area (Å²) in [4.78, 5) is 22.5. The zero-order chi connectivity index (χ0) is 15.6. The van der Waals surface area contributed by atoms with Crippen LogP contribution in [0.3, 0.4) is 0 Å². The van der Waals surface area contributed by atoms with Crippen LogP contribution in [-0.2, 0) is 0 Å². The monoisotopic (exact) mass is 412 g/mol. The Bertz CT molecular complexity index is 732. The summed E-state index contributed by atoms with van der Waals surface area (Å²) in [5, 5.41) is 13.5. The zero-order valence-corrected chi connectivity index (χ0v) is 14.1. The lowest BCUT2D eigenvalue weighted by Crippen LogP contribution is -2.12. The minimum atomic E-state index is -0.538. The number of halogens is 2. The second-order valence-corrected chi connectivity index (χ2v) is 6.16. The van der Waals surface area contributed by atoms with E-state index in [-0.39, 0.29) is 11.3 Å². The maximum absolute atomic E-state index is 12.2. The zero-order valence-electron chi connectivity index (χ0n) is 10.9. The third-order valence-corrected chi connectivity index (χ3v) is 3.84. The van der Waals surface area contributed by atoms with E-state index in [0.717, 1.165) is 10.0 Å². The Morgan fingerprint density at radius 2 is 1.90 bits per heavy atom. The average Bonchev–Trinajstić information content (AvgIpc) is 2.41. The molecule has 0 aliphatic heterocycles. The fourth-order valence-electron chi connectivity index (χ4n) is 1.73. The molecule has 5 nitrogen and oxygen atoms in total. The predicted molar refractivity (Wildman–Crippen MR) is 87.6 cm³/mol. The molecule has 0 aliphatic rings. The lowest BCUT2D eigenvalue weighted by Gasteiger charge is -2.08. The summed E-state index contributed by atoms with van der Waals surface area (Å²) in [6, 6.07) is 9.62. The Morgan fingerprint density at radius 3 is 2.52 bits per heavy atom. The number of nitro benzene ring substituents is 1. The van der Waals surface area contributed by atoms with Gasteiger partial charge in [-0.15, -0.1) is 0 Å². The number of carbonyl (C=O) groups is 1. The Labute approximate surface area is 137 Å². The molecule has 1 N–H and O–H groups in total. The molecule has 0 aliphatic carbocycles. The molecule has 0 bridgehead atoms. The van der Waals surface area contributed by atoms with Gasteiger partial charge in [0.1, 0.15) is 0 Å². The van der Waals surface area contributed by atoms with Gasteiger partial charge in [-0.3, -0.25) is 14.9 Å². The first-order valence-electron chi connectivity index (χ1n) is 5.89. The van der Waals surface area contributed by atoms with Crippen molar-refractivity contribution in [1.82, 2.24) is 0 Å². The molecule has 0 radical (unpaired) electrons. The predicted octanol–water partition coefficient (Wildman–Crippen LogP) is 4.68. The Hall–Kier alpha value is -1.73. The summed E-state index contributed by atoms with van der Waals surface area (Å²) in [6.07, 6.45) is 0. The quantitative estimate of drug-likeness (QED) is 0.586. The molecule has 0 saturated carbocycles. The van der Waals surface area contributed by atoms with Gasteiger partial charge in [-0.25, -0.2) is 0 Å². The van der Waals surface area contributed by atoms with E-state index in [2.05, 4.69) is 37.2 Å². The van der Waals surface area contributed by atoms with E-state index >= 15 is 0 Å². The van der Waals surface area contributed by atoms with Gasteiger partial charge in [-0.1, -0.05) is 22.0 Å². The van der Waals surface area contributed by atoms with E-state index in [1.807, 2.05) is 19.1 Å². The molecule has 108 valence electrons. The van der Waals surface area contributed by atoms with Crippen molar-refractivity contribution in [3.05, 3.63) is 66.6 Å². The molecule has 2 aromatic carbocycles. The molecule has 0 saturated heterocycles. The van der Waals surface area contributed by atoms with Gasteiger partial charge in [0.15, 0.2) is 0 Å². The largest absolute Gasteiger partial charge is 0.321 e. The smallest absolute Gasteiger partial charge is 0.271 e. The van der Waals surface area contributed by atoms with E-state index in [1.165, 1.54) is 18.2 Å². The molecule has 0 fully saturated rings. The van der Waals surface area contributed by atoms with Gasteiger partial charge in [0.25, 0.3) is 11.6 Å². The van der Waals surface area contributed by atoms with Gasteiger partial charge in [-0.2, -0.15) is 0 Å². The van der Waals surface area contributed by atoms with Crippen LogP contribution in [0.5, 0.6) is 0 Å². The van der Waals surface area contributed by atoms with Crippen LogP contribution in [0.15, 0.2) is 45.3 Å². The Kier molecular flexibility index (Phi) is 4.74. The van der Waals surface area contributed by atoms with E-state index in [0.29, 0.717) is 10.2 Å². The number of anilines is 1. The molecule has 2 rings (SSSR count). The number of rotatable bonds is 3. The van der Waals surface area contributed by atoms with Crippen LogP contribution in [0.2, 0.25) is 0 Å². The molecular formula is C14H10Br2N2O3. The van der Waals surface area contributed by atoms with Crippen LogP contribution in [0.1, 0.15) is 15.9 Å². The van der Waals surface area contributed by atoms with Crippen molar-refractivity contribution in [2.24, 2.45) is 0 Å². The molecule has 0 aromatic heterocycles. The van der Waals surface area contributed by atoms with Gasteiger partial charge in [0.2, 0.25) is 0 Å². The van der Waals surface area contributed by atoms with Crippen LogP contribution in [-0.4, -0.2) is 10.8 Å². The molecule has 7 heteroatoms. The SMILES string of the molecule is Cc1ccc(NC(=O)c2cc(Br)cc([N+](=O)[O-])c2)c(Br)c1. The van der Waals surface area contributed by atoms with Gasteiger partial charge in [-0.05, 0) is 46.6 Å². The van der Waals surface area contributed by atoms with Crippen molar-refractivity contribution in [2.75, 3.05) is 5.32 Å². The van der Waals surface area contributed by atoms with Crippen LogP contribution < -0.4 is 5.32 Å². The van der Waals surface area contributed by atoms with Gasteiger partial charge in [0, 0.05) is 26.6 Å². The van der Waals surface area contributed by atoms with E-state index in [4.69, 9.17) is 0 Å². The Morgan fingerprint density at radius 1 is 1.19 bits per heavy atom. The fourth-order valence-corrected chi connectivity index (χ4v) is 2.80. The average molecular weight is 414 g/mol. The standard InChI is InChI=1S/C14H10Br2N2O3/c1-8-2-3-13(12(16)4-8)17-14(19)9-5-10(15)7-11(6-9)18(20)21/h2-7H,1H3,(H,17,19). The molecule has 0 heterocycles. The highest BCUT2D eigenvalue weighted by atomic mass is 79.9. The Balaban J connectivity index is 2.30. The second kappa shape index (κ2) is 6.36. The third kappa shape index (κ3) is 3.89. The molecule has 0 spiro atoms. The number of carbonyl (C=O) groups excluding carboxylic acids is 1. The number of hydrogen-bond donors (Lipinski definition) is 1.